The predicted octanol–water partition coefficient (Wildman–Crippen LogP) is 2.31. The zero-order valence-electron chi connectivity index (χ0n) is 10.9. The molecule has 98 valence electrons. The summed E-state index contributed by atoms with van der Waals surface area (Å²) in [5, 5.41) is 2.69. The van der Waals surface area contributed by atoms with E-state index < -0.39 is 0 Å². The van der Waals surface area contributed by atoms with E-state index in [2.05, 4.69) is 16.9 Å². The first kappa shape index (κ1) is 12.9. The molecule has 5 heteroatoms. The third kappa shape index (κ3) is 2.82. The molecule has 2 aromatic rings. The number of aryl methyl sites for hydroxylation is 1. The Labute approximate surface area is 111 Å². The summed E-state index contributed by atoms with van der Waals surface area (Å²) in [5.41, 5.74) is 2.44. The zero-order chi connectivity index (χ0) is 13.8. The van der Waals surface area contributed by atoms with Crippen molar-refractivity contribution in [2.24, 2.45) is 0 Å². The van der Waals surface area contributed by atoms with E-state index >= 15 is 0 Å². The van der Waals surface area contributed by atoms with Crippen molar-refractivity contribution in [2.75, 3.05) is 12.4 Å². The number of nitrogens with zero attached hydrogens (tertiary/aromatic N) is 2. The van der Waals surface area contributed by atoms with Gasteiger partial charge in [-0.25, -0.2) is 4.98 Å². The Morgan fingerprint density at radius 1 is 1.53 bits per heavy atom. The van der Waals surface area contributed by atoms with Gasteiger partial charge in [0.2, 0.25) is 5.91 Å². The van der Waals surface area contributed by atoms with E-state index in [9.17, 15) is 4.79 Å². The Bertz CT molecular complexity index is 617. The Morgan fingerprint density at radius 3 is 2.89 bits per heavy atom. The molecule has 1 aromatic carbocycles. The number of methoxy groups -OCH3 is 1. The molecule has 2 rings (SSSR count). The fraction of sp³-hybridized carbons (Fsp3) is 0.143. The van der Waals surface area contributed by atoms with Crippen molar-refractivity contribution in [2.45, 2.75) is 6.92 Å². The van der Waals surface area contributed by atoms with Crippen LogP contribution in [-0.4, -0.2) is 22.6 Å². The monoisotopic (exact) mass is 257 g/mol. The molecule has 1 amide bonds. The standard InChI is InChI=1S/C14H15N3O2/c1-4-14(18)16-11-5-6-12(13(7-11)19-3)17-8-10(2)15-9-17/h4-9H,1H2,2-3H3,(H,16,18). The SMILES string of the molecule is C=CC(=O)Nc1ccc(-n2cnc(C)c2)c(OC)c1. The number of aromatic nitrogens is 2. The molecule has 1 N–H and O–H groups in total. The topological polar surface area (TPSA) is 56.2 Å². The average Bonchev–Trinajstić information content (AvgIpc) is 2.84. The van der Waals surface area contributed by atoms with Crippen LogP contribution in [0.2, 0.25) is 0 Å². The first-order valence-electron chi connectivity index (χ1n) is 5.76. The Morgan fingerprint density at radius 2 is 2.32 bits per heavy atom. The van der Waals surface area contributed by atoms with Gasteiger partial charge in [0.1, 0.15) is 5.75 Å². The Balaban J connectivity index is 2.36. The van der Waals surface area contributed by atoms with E-state index in [1.54, 1.807) is 25.6 Å². The highest BCUT2D eigenvalue weighted by atomic mass is 16.5. The minimum absolute atomic E-state index is 0.256. The van der Waals surface area contributed by atoms with Gasteiger partial charge in [-0.15, -0.1) is 0 Å². The van der Waals surface area contributed by atoms with E-state index in [1.807, 2.05) is 23.8 Å². The van der Waals surface area contributed by atoms with E-state index in [4.69, 9.17) is 4.74 Å². The highest BCUT2D eigenvalue weighted by Gasteiger charge is 2.08. The quantitative estimate of drug-likeness (QED) is 0.855. The second kappa shape index (κ2) is 5.39. The van der Waals surface area contributed by atoms with Gasteiger partial charge in [0, 0.05) is 18.0 Å². The van der Waals surface area contributed by atoms with Gasteiger partial charge in [0.25, 0.3) is 0 Å². The molecular weight excluding hydrogens is 242 g/mol. The molecule has 0 saturated carbocycles. The number of hydrogen-bond acceptors (Lipinski definition) is 3. The van der Waals surface area contributed by atoms with Crippen LogP contribution in [0.15, 0.2) is 43.4 Å². The third-order valence-corrected chi connectivity index (χ3v) is 2.62. The summed E-state index contributed by atoms with van der Waals surface area (Å²) in [6.07, 6.45) is 4.84. The van der Waals surface area contributed by atoms with Crippen LogP contribution in [-0.2, 0) is 4.79 Å². The van der Waals surface area contributed by atoms with Crippen molar-refractivity contribution in [3.05, 3.63) is 49.1 Å². The lowest BCUT2D eigenvalue weighted by Gasteiger charge is -2.11. The van der Waals surface area contributed by atoms with Crippen LogP contribution in [0.25, 0.3) is 5.69 Å². The van der Waals surface area contributed by atoms with Crippen molar-refractivity contribution >= 4 is 11.6 Å². The molecule has 0 aliphatic carbocycles. The lowest BCUT2D eigenvalue weighted by atomic mass is 10.2. The Hall–Kier alpha value is -2.56. The van der Waals surface area contributed by atoms with Gasteiger partial charge in [0.05, 0.1) is 24.8 Å². The molecule has 0 spiro atoms. The van der Waals surface area contributed by atoms with Crippen molar-refractivity contribution < 1.29 is 9.53 Å². The minimum Gasteiger partial charge on any atom is -0.494 e. The number of anilines is 1. The summed E-state index contributed by atoms with van der Waals surface area (Å²) in [6.45, 7) is 5.33. The average molecular weight is 257 g/mol. The lowest BCUT2D eigenvalue weighted by Crippen LogP contribution is -2.07. The van der Waals surface area contributed by atoms with Crippen LogP contribution in [0, 0.1) is 6.92 Å². The van der Waals surface area contributed by atoms with Crippen molar-refractivity contribution in [1.82, 2.24) is 9.55 Å². The molecule has 0 atom stereocenters. The number of hydrogen-bond donors (Lipinski definition) is 1. The summed E-state index contributed by atoms with van der Waals surface area (Å²) in [7, 11) is 1.59. The maximum atomic E-state index is 11.3. The number of carbonyl (C=O) groups excluding carboxylic acids is 1. The van der Waals surface area contributed by atoms with Crippen LogP contribution >= 0.6 is 0 Å². The maximum Gasteiger partial charge on any atom is 0.247 e. The predicted molar refractivity (Wildman–Crippen MR) is 73.7 cm³/mol. The normalized spacial score (nSPS) is 10.0. The lowest BCUT2D eigenvalue weighted by molar-refractivity contribution is -0.111. The molecular formula is C14H15N3O2. The van der Waals surface area contributed by atoms with Crippen molar-refractivity contribution in [1.29, 1.82) is 0 Å². The number of imidazole rings is 1. The molecule has 19 heavy (non-hydrogen) atoms. The van der Waals surface area contributed by atoms with Gasteiger partial charge in [-0.1, -0.05) is 6.58 Å². The van der Waals surface area contributed by atoms with Crippen molar-refractivity contribution in [3.8, 4) is 11.4 Å². The molecule has 0 aliphatic rings. The highest BCUT2D eigenvalue weighted by Crippen LogP contribution is 2.26. The minimum atomic E-state index is -0.256. The van der Waals surface area contributed by atoms with Gasteiger partial charge < -0.3 is 14.6 Å². The fourth-order valence-corrected chi connectivity index (χ4v) is 1.71. The molecule has 1 heterocycles. The largest absolute Gasteiger partial charge is 0.494 e. The molecule has 1 aromatic heterocycles. The molecule has 0 fully saturated rings. The van der Waals surface area contributed by atoms with Crippen LogP contribution in [0.4, 0.5) is 5.69 Å². The van der Waals surface area contributed by atoms with Crippen LogP contribution in [0.1, 0.15) is 5.69 Å². The van der Waals surface area contributed by atoms with E-state index in [-0.39, 0.29) is 5.91 Å². The molecule has 5 nitrogen and oxygen atoms in total. The number of ether oxygens (including phenoxy) is 1. The zero-order valence-corrected chi connectivity index (χ0v) is 10.9. The van der Waals surface area contributed by atoms with Crippen LogP contribution < -0.4 is 10.1 Å². The van der Waals surface area contributed by atoms with Gasteiger partial charge in [-0.3, -0.25) is 4.79 Å². The number of amides is 1. The van der Waals surface area contributed by atoms with Gasteiger partial charge >= 0.3 is 0 Å². The molecule has 0 radical (unpaired) electrons. The Kier molecular flexibility index (Phi) is 3.66. The number of nitrogens with one attached hydrogen (secondary N) is 1. The summed E-state index contributed by atoms with van der Waals surface area (Å²) < 4.78 is 7.21. The summed E-state index contributed by atoms with van der Waals surface area (Å²) in [5.74, 6) is 0.396. The van der Waals surface area contributed by atoms with E-state index in [0.717, 1.165) is 11.4 Å². The third-order valence-electron chi connectivity index (χ3n) is 2.62. The second-order valence-electron chi connectivity index (χ2n) is 4.00. The number of benzene rings is 1. The van der Waals surface area contributed by atoms with E-state index in [1.165, 1.54) is 6.08 Å². The van der Waals surface area contributed by atoms with Gasteiger partial charge in [-0.05, 0) is 25.1 Å². The molecule has 0 saturated heterocycles. The van der Waals surface area contributed by atoms with Gasteiger partial charge in [-0.2, -0.15) is 0 Å². The van der Waals surface area contributed by atoms with Crippen molar-refractivity contribution in [3.63, 3.8) is 0 Å². The summed E-state index contributed by atoms with van der Waals surface area (Å²) >= 11 is 0. The smallest absolute Gasteiger partial charge is 0.247 e. The van der Waals surface area contributed by atoms with E-state index in [0.29, 0.717) is 11.4 Å². The molecule has 0 unspecified atom stereocenters. The summed E-state index contributed by atoms with van der Waals surface area (Å²) in [6, 6.07) is 5.42. The highest BCUT2D eigenvalue weighted by molar-refractivity contribution is 5.99. The second-order valence-corrected chi connectivity index (χ2v) is 4.00. The maximum absolute atomic E-state index is 11.3. The van der Waals surface area contributed by atoms with Crippen LogP contribution in [0.3, 0.4) is 0 Å². The first-order valence-corrected chi connectivity index (χ1v) is 5.76. The first-order chi connectivity index (χ1) is 9.13. The number of carbonyl (C=O) groups is 1. The molecule has 0 aliphatic heterocycles. The molecule has 0 bridgehead atoms. The van der Waals surface area contributed by atoms with Gasteiger partial charge in [0.15, 0.2) is 0 Å². The summed E-state index contributed by atoms with van der Waals surface area (Å²) in [4.78, 5) is 15.4. The number of rotatable bonds is 4. The fourth-order valence-electron chi connectivity index (χ4n) is 1.71. The van der Waals surface area contributed by atoms with Crippen LogP contribution in [0.5, 0.6) is 5.75 Å².